The van der Waals surface area contributed by atoms with Gasteiger partial charge in [-0.1, -0.05) is 54.6 Å². The van der Waals surface area contributed by atoms with E-state index in [-0.39, 0.29) is 0 Å². The monoisotopic (exact) mass is 338 g/mol. The van der Waals surface area contributed by atoms with Crippen molar-refractivity contribution in [2.24, 2.45) is 0 Å². The molecule has 3 N–H and O–H groups in total. The zero-order valence-electron chi connectivity index (χ0n) is 13.2. The summed E-state index contributed by atoms with van der Waals surface area (Å²) in [6, 6.07) is 20.1. The van der Waals surface area contributed by atoms with Crippen molar-refractivity contribution in [1.29, 1.82) is 0 Å². The molecule has 0 saturated carbocycles. The number of anilines is 1. The lowest BCUT2D eigenvalue weighted by Gasteiger charge is -2.27. The van der Waals surface area contributed by atoms with Crippen LogP contribution in [0.5, 0.6) is 0 Å². The number of benzene rings is 2. The maximum Gasteiger partial charge on any atom is 0.280 e. The van der Waals surface area contributed by atoms with Crippen molar-refractivity contribution in [3.05, 3.63) is 88.1 Å². The van der Waals surface area contributed by atoms with Gasteiger partial charge in [0.1, 0.15) is 0 Å². The van der Waals surface area contributed by atoms with Crippen LogP contribution in [0.15, 0.2) is 72.1 Å². The molecule has 1 heterocycles. The third-order valence-electron chi connectivity index (χ3n) is 3.85. The number of aryl methyl sites for hydroxylation is 1. The number of hydrogen-bond acceptors (Lipinski definition) is 4. The van der Waals surface area contributed by atoms with Gasteiger partial charge in [-0.05, 0) is 35.6 Å². The Labute approximate surface area is 144 Å². The summed E-state index contributed by atoms with van der Waals surface area (Å²) in [4.78, 5) is 13.4. The van der Waals surface area contributed by atoms with Crippen molar-refractivity contribution in [3.8, 4) is 0 Å². The molecule has 122 valence electrons. The normalized spacial score (nSPS) is 13.1. The molecular weight excluding hydrogens is 320 g/mol. The molecule has 1 atom stereocenters. The summed E-state index contributed by atoms with van der Waals surface area (Å²) in [5.41, 5.74) is 6.09. The van der Waals surface area contributed by atoms with Crippen molar-refractivity contribution < 1.29 is 9.90 Å². The van der Waals surface area contributed by atoms with Crippen LogP contribution in [0, 0.1) is 6.92 Å². The highest BCUT2D eigenvalue weighted by molar-refractivity contribution is 7.10. The first-order valence-electron chi connectivity index (χ1n) is 7.56. The Morgan fingerprint density at radius 3 is 2.38 bits per heavy atom. The lowest BCUT2D eigenvalue weighted by Crippen LogP contribution is -2.47. The Morgan fingerprint density at radius 2 is 1.71 bits per heavy atom. The number of amides is 1. The van der Waals surface area contributed by atoms with Crippen LogP contribution < -0.4 is 10.9 Å². The van der Waals surface area contributed by atoms with E-state index in [0.29, 0.717) is 10.4 Å². The van der Waals surface area contributed by atoms with Crippen LogP contribution in [0.3, 0.4) is 0 Å². The number of carbonyl (C=O) groups excluding carboxylic acids is 1. The zero-order valence-corrected chi connectivity index (χ0v) is 14.0. The lowest BCUT2D eigenvalue weighted by atomic mass is 9.91. The summed E-state index contributed by atoms with van der Waals surface area (Å²) < 4.78 is 0. The van der Waals surface area contributed by atoms with Gasteiger partial charge in [0.15, 0.2) is 0 Å². The molecule has 4 nitrogen and oxygen atoms in total. The van der Waals surface area contributed by atoms with Crippen molar-refractivity contribution in [2.75, 3.05) is 5.43 Å². The van der Waals surface area contributed by atoms with Crippen LogP contribution in [0.1, 0.15) is 16.0 Å². The number of carbonyl (C=O) groups is 1. The Balaban J connectivity index is 1.89. The van der Waals surface area contributed by atoms with Crippen LogP contribution in [0.2, 0.25) is 0 Å². The third kappa shape index (κ3) is 3.04. The SMILES string of the molecule is Cc1ccccc1NNC(=O)[C@@](O)(c1ccccc1)c1cccs1. The van der Waals surface area contributed by atoms with E-state index in [4.69, 9.17) is 0 Å². The predicted molar refractivity (Wildman–Crippen MR) is 96.7 cm³/mol. The largest absolute Gasteiger partial charge is 0.371 e. The minimum Gasteiger partial charge on any atom is -0.371 e. The van der Waals surface area contributed by atoms with E-state index >= 15 is 0 Å². The molecule has 0 saturated heterocycles. The molecule has 5 heteroatoms. The van der Waals surface area contributed by atoms with E-state index in [2.05, 4.69) is 10.9 Å². The summed E-state index contributed by atoms with van der Waals surface area (Å²) in [6.07, 6.45) is 0. The van der Waals surface area contributed by atoms with Gasteiger partial charge in [-0.25, -0.2) is 0 Å². The van der Waals surface area contributed by atoms with Gasteiger partial charge in [-0.2, -0.15) is 0 Å². The van der Waals surface area contributed by atoms with E-state index in [1.807, 2.05) is 48.7 Å². The molecule has 1 aromatic heterocycles. The fourth-order valence-corrected chi connectivity index (χ4v) is 3.32. The van der Waals surface area contributed by atoms with Crippen LogP contribution in [-0.4, -0.2) is 11.0 Å². The van der Waals surface area contributed by atoms with Crippen molar-refractivity contribution >= 4 is 22.9 Å². The minimum atomic E-state index is -1.74. The highest BCUT2D eigenvalue weighted by Crippen LogP contribution is 2.33. The molecular formula is C19H18N2O2S. The number of nitrogens with one attached hydrogen (secondary N) is 2. The van der Waals surface area contributed by atoms with Gasteiger partial charge < -0.3 is 5.11 Å². The van der Waals surface area contributed by atoms with Gasteiger partial charge in [0, 0.05) is 0 Å². The first-order chi connectivity index (χ1) is 11.6. The zero-order chi connectivity index (χ0) is 17.0. The van der Waals surface area contributed by atoms with Gasteiger partial charge in [0.2, 0.25) is 5.60 Å². The Morgan fingerprint density at radius 1 is 1.00 bits per heavy atom. The van der Waals surface area contributed by atoms with Crippen molar-refractivity contribution in [2.45, 2.75) is 12.5 Å². The topological polar surface area (TPSA) is 61.4 Å². The molecule has 0 aliphatic rings. The second kappa shape index (κ2) is 6.86. The van der Waals surface area contributed by atoms with E-state index in [9.17, 15) is 9.90 Å². The molecule has 3 aromatic rings. The van der Waals surface area contributed by atoms with Gasteiger partial charge >= 0.3 is 0 Å². The highest BCUT2D eigenvalue weighted by Gasteiger charge is 2.41. The molecule has 0 bridgehead atoms. The maximum atomic E-state index is 12.8. The smallest absolute Gasteiger partial charge is 0.280 e. The molecule has 1 amide bonds. The second-order valence-electron chi connectivity index (χ2n) is 5.45. The Hall–Kier alpha value is -2.63. The van der Waals surface area contributed by atoms with Crippen LogP contribution >= 0.6 is 11.3 Å². The quantitative estimate of drug-likeness (QED) is 0.625. The third-order valence-corrected chi connectivity index (χ3v) is 4.83. The molecule has 0 radical (unpaired) electrons. The Kier molecular flexibility index (Phi) is 4.64. The first-order valence-corrected chi connectivity index (χ1v) is 8.44. The van der Waals surface area contributed by atoms with Crippen molar-refractivity contribution in [1.82, 2.24) is 5.43 Å². The first kappa shape index (κ1) is 16.2. The van der Waals surface area contributed by atoms with E-state index in [1.165, 1.54) is 11.3 Å². The number of aliphatic hydroxyl groups is 1. The molecule has 3 rings (SSSR count). The maximum absolute atomic E-state index is 12.8. The van der Waals surface area contributed by atoms with Crippen LogP contribution in [0.25, 0.3) is 0 Å². The molecule has 0 spiro atoms. The lowest BCUT2D eigenvalue weighted by molar-refractivity contribution is -0.135. The molecule has 0 aliphatic heterocycles. The fourth-order valence-electron chi connectivity index (χ4n) is 2.48. The average molecular weight is 338 g/mol. The molecule has 0 aliphatic carbocycles. The number of rotatable bonds is 5. The number of hydrazine groups is 1. The van der Waals surface area contributed by atoms with Gasteiger partial charge in [0.25, 0.3) is 5.91 Å². The second-order valence-corrected chi connectivity index (χ2v) is 6.40. The van der Waals surface area contributed by atoms with Crippen LogP contribution in [-0.2, 0) is 10.4 Å². The average Bonchev–Trinajstić information content (AvgIpc) is 3.16. The van der Waals surface area contributed by atoms with Gasteiger partial charge in [-0.3, -0.25) is 15.6 Å². The van der Waals surface area contributed by atoms with E-state index in [1.54, 1.807) is 30.3 Å². The molecule has 0 fully saturated rings. The van der Waals surface area contributed by atoms with E-state index in [0.717, 1.165) is 11.3 Å². The Bertz CT molecular complexity index is 818. The van der Waals surface area contributed by atoms with Gasteiger partial charge in [0.05, 0.1) is 10.6 Å². The summed E-state index contributed by atoms with van der Waals surface area (Å²) in [7, 11) is 0. The highest BCUT2D eigenvalue weighted by atomic mass is 32.1. The molecule has 24 heavy (non-hydrogen) atoms. The molecule has 0 unspecified atom stereocenters. The fraction of sp³-hybridized carbons (Fsp3) is 0.105. The number of thiophene rings is 1. The summed E-state index contributed by atoms with van der Waals surface area (Å²) in [5.74, 6) is -0.528. The van der Waals surface area contributed by atoms with Crippen molar-refractivity contribution in [3.63, 3.8) is 0 Å². The standard InChI is InChI=1S/C19H18N2O2S/c1-14-8-5-6-11-16(14)20-21-18(22)19(23,17-12-7-13-24-17)15-9-3-2-4-10-15/h2-13,20,23H,1H3,(H,21,22)/t19-/m1/s1. The number of para-hydroxylation sites is 1. The van der Waals surface area contributed by atoms with Gasteiger partial charge in [-0.15, -0.1) is 11.3 Å². The van der Waals surface area contributed by atoms with E-state index < -0.39 is 11.5 Å². The van der Waals surface area contributed by atoms with Crippen LogP contribution in [0.4, 0.5) is 5.69 Å². The summed E-state index contributed by atoms with van der Waals surface area (Å²) in [5, 5.41) is 13.1. The summed E-state index contributed by atoms with van der Waals surface area (Å²) >= 11 is 1.34. The molecule has 2 aromatic carbocycles. The summed E-state index contributed by atoms with van der Waals surface area (Å²) in [6.45, 7) is 1.94. The minimum absolute atomic E-state index is 0.525. The number of hydrogen-bond donors (Lipinski definition) is 3. The predicted octanol–water partition coefficient (Wildman–Crippen LogP) is 3.44.